The van der Waals surface area contributed by atoms with Gasteiger partial charge in [-0.25, -0.2) is 0 Å². The molecular weight excluding hydrogens is 326 g/mol. The van der Waals surface area contributed by atoms with Crippen molar-refractivity contribution in [2.24, 2.45) is 10.7 Å². The summed E-state index contributed by atoms with van der Waals surface area (Å²) >= 11 is 0. The second-order valence-corrected chi connectivity index (χ2v) is 6.26. The first-order valence-corrected chi connectivity index (χ1v) is 8.60. The van der Waals surface area contributed by atoms with E-state index in [1.165, 1.54) is 11.1 Å². The fourth-order valence-electron chi connectivity index (χ4n) is 2.90. The Morgan fingerprint density at radius 2 is 1.92 bits per heavy atom. The van der Waals surface area contributed by atoms with Crippen LogP contribution in [0, 0.1) is 6.92 Å². The van der Waals surface area contributed by atoms with Gasteiger partial charge in [-0.15, -0.1) is 0 Å². The molecule has 136 valence electrons. The van der Waals surface area contributed by atoms with Gasteiger partial charge in [-0.1, -0.05) is 30.3 Å². The highest BCUT2D eigenvalue weighted by Gasteiger charge is 2.14. The third-order valence-corrected chi connectivity index (χ3v) is 4.36. The van der Waals surface area contributed by atoms with Crippen molar-refractivity contribution >= 4 is 23.1 Å². The topological polar surface area (TPSA) is 84.6 Å². The summed E-state index contributed by atoms with van der Waals surface area (Å²) in [5, 5.41) is 2.51. The molecule has 3 N–H and O–H groups in total. The minimum absolute atomic E-state index is 0.127. The zero-order valence-electron chi connectivity index (χ0n) is 15.5. The summed E-state index contributed by atoms with van der Waals surface area (Å²) in [6, 6.07) is 8.25. The van der Waals surface area contributed by atoms with E-state index < -0.39 is 5.91 Å². The number of amides is 2. The molecule has 0 radical (unpaired) electrons. The molecule has 5 heteroatoms. The number of carbonyl (C=O) groups is 2. The van der Waals surface area contributed by atoms with E-state index in [-0.39, 0.29) is 12.5 Å². The minimum Gasteiger partial charge on any atom is -0.368 e. The van der Waals surface area contributed by atoms with Crippen LogP contribution >= 0.6 is 0 Å². The molecule has 1 aromatic rings. The number of carbonyl (C=O) groups excluding carboxylic acids is 2. The summed E-state index contributed by atoms with van der Waals surface area (Å²) in [5.41, 5.74) is 11.6. The second kappa shape index (κ2) is 8.94. The van der Waals surface area contributed by atoms with Crippen LogP contribution < -0.4 is 11.1 Å². The van der Waals surface area contributed by atoms with E-state index in [2.05, 4.69) is 42.4 Å². The van der Waals surface area contributed by atoms with Crippen molar-refractivity contribution in [3.8, 4) is 0 Å². The van der Waals surface area contributed by atoms with Crippen LogP contribution in [0.5, 0.6) is 0 Å². The Hall–Kier alpha value is -2.95. The highest BCUT2D eigenvalue weighted by Crippen LogP contribution is 2.27. The van der Waals surface area contributed by atoms with Gasteiger partial charge in [0.15, 0.2) is 0 Å². The molecule has 1 aliphatic carbocycles. The van der Waals surface area contributed by atoms with E-state index in [0.29, 0.717) is 12.8 Å². The van der Waals surface area contributed by atoms with E-state index >= 15 is 0 Å². The maximum Gasteiger partial charge on any atom is 0.236 e. The number of benzene rings is 1. The van der Waals surface area contributed by atoms with Gasteiger partial charge in [-0.2, -0.15) is 0 Å². The number of aryl methyl sites for hydroxylation is 1. The number of nitrogens with zero attached hydrogens (tertiary/aromatic N) is 1. The van der Waals surface area contributed by atoms with Gasteiger partial charge in [-0.3, -0.25) is 14.6 Å². The van der Waals surface area contributed by atoms with Crippen LogP contribution in [0.2, 0.25) is 0 Å². The normalized spacial score (nSPS) is 17.0. The maximum atomic E-state index is 11.8. The molecule has 0 heterocycles. The number of hydrogen-bond acceptors (Lipinski definition) is 3. The van der Waals surface area contributed by atoms with E-state index in [1.807, 2.05) is 24.3 Å². The van der Waals surface area contributed by atoms with E-state index in [4.69, 9.17) is 5.73 Å². The zero-order valence-corrected chi connectivity index (χ0v) is 15.5. The largest absolute Gasteiger partial charge is 0.368 e. The van der Waals surface area contributed by atoms with Gasteiger partial charge < -0.3 is 11.1 Å². The number of primary amides is 1. The summed E-state index contributed by atoms with van der Waals surface area (Å²) in [5.74, 6) is -0.729. The van der Waals surface area contributed by atoms with Crippen LogP contribution in [-0.2, 0) is 9.59 Å². The van der Waals surface area contributed by atoms with Crippen molar-refractivity contribution in [3.63, 3.8) is 0 Å². The monoisotopic (exact) mass is 351 g/mol. The van der Waals surface area contributed by atoms with Crippen LogP contribution in [0.25, 0.3) is 5.57 Å². The van der Waals surface area contributed by atoms with Crippen LogP contribution in [-0.4, -0.2) is 31.1 Å². The van der Waals surface area contributed by atoms with E-state index in [1.54, 1.807) is 7.05 Å². The van der Waals surface area contributed by atoms with Crippen molar-refractivity contribution < 1.29 is 9.59 Å². The Bertz CT molecular complexity index is 829. The van der Waals surface area contributed by atoms with Crippen molar-refractivity contribution in [1.82, 2.24) is 5.32 Å². The summed E-state index contributed by atoms with van der Waals surface area (Å²) in [6.07, 6.45) is 6.94. The molecule has 0 atom stereocenters. The van der Waals surface area contributed by atoms with Crippen LogP contribution in [0.3, 0.4) is 0 Å². The average molecular weight is 351 g/mol. The lowest BCUT2D eigenvalue weighted by Gasteiger charge is -2.16. The predicted octanol–water partition coefficient (Wildman–Crippen LogP) is 2.72. The molecule has 0 bridgehead atoms. The van der Waals surface area contributed by atoms with Gasteiger partial charge in [0.2, 0.25) is 11.8 Å². The third-order valence-electron chi connectivity index (χ3n) is 4.36. The highest BCUT2D eigenvalue weighted by atomic mass is 16.2. The highest BCUT2D eigenvalue weighted by molar-refractivity contribution is 6.16. The lowest BCUT2D eigenvalue weighted by molar-refractivity contribution is -0.124. The molecule has 0 saturated carbocycles. The van der Waals surface area contributed by atoms with Gasteiger partial charge in [0.1, 0.15) is 0 Å². The number of allylic oxidation sites excluding steroid dienone is 6. The molecule has 0 aromatic heterocycles. The fraction of sp³-hybridized carbons (Fsp3) is 0.286. The molecule has 0 aliphatic heterocycles. The molecule has 2 amide bonds. The van der Waals surface area contributed by atoms with Gasteiger partial charge in [0, 0.05) is 19.0 Å². The first-order chi connectivity index (χ1) is 12.4. The average Bonchev–Trinajstić information content (AvgIpc) is 2.64. The zero-order chi connectivity index (χ0) is 19.1. The second-order valence-electron chi connectivity index (χ2n) is 6.26. The lowest BCUT2D eigenvalue weighted by Crippen LogP contribution is -2.33. The fourth-order valence-corrected chi connectivity index (χ4v) is 2.90. The maximum absolute atomic E-state index is 11.8. The lowest BCUT2D eigenvalue weighted by atomic mass is 9.89. The van der Waals surface area contributed by atoms with Crippen LogP contribution in [0.4, 0.5) is 0 Å². The first-order valence-electron chi connectivity index (χ1n) is 8.60. The van der Waals surface area contributed by atoms with E-state index in [9.17, 15) is 9.59 Å². The smallest absolute Gasteiger partial charge is 0.236 e. The molecule has 26 heavy (non-hydrogen) atoms. The molecule has 0 spiro atoms. The summed E-state index contributed by atoms with van der Waals surface area (Å²) in [6.45, 7) is 4.06. The Morgan fingerprint density at radius 3 is 2.58 bits per heavy atom. The van der Waals surface area contributed by atoms with Gasteiger partial charge in [0.05, 0.1) is 12.3 Å². The van der Waals surface area contributed by atoms with Gasteiger partial charge in [0.25, 0.3) is 0 Å². The van der Waals surface area contributed by atoms with Crippen molar-refractivity contribution in [1.29, 1.82) is 0 Å². The quantitative estimate of drug-likeness (QED) is 0.826. The van der Waals surface area contributed by atoms with Crippen LogP contribution in [0.15, 0.2) is 58.6 Å². The minimum atomic E-state index is -0.544. The predicted molar refractivity (Wildman–Crippen MR) is 106 cm³/mol. The number of nitrogens with two attached hydrogens (primary N) is 1. The molecule has 0 saturated heterocycles. The molecule has 0 unspecified atom stereocenters. The van der Waals surface area contributed by atoms with Crippen molar-refractivity contribution in [2.75, 3.05) is 13.6 Å². The molecule has 1 aromatic carbocycles. The molecule has 5 nitrogen and oxygen atoms in total. The summed E-state index contributed by atoms with van der Waals surface area (Å²) < 4.78 is 0. The Kier molecular flexibility index (Phi) is 6.67. The molecule has 0 fully saturated rings. The van der Waals surface area contributed by atoms with E-state index in [0.717, 1.165) is 22.4 Å². The standard InChI is InChI=1S/C21H25N3O2/c1-14-6-4-5-7-17(14)15(2)18-12-16(8-10-19(18)23-3)9-11-21(26)24-13-20(22)25/h4-8,10,12H,9,11,13H2,1-3H3,(H2,22,25)(H,24,26)/b18-15-,23-19+. The molecule has 2 rings (SSSR count). The Balaban J connectivity index is 2.21. The first kappa shape index (κ1) is 19.4. The summed E-state index contributed by atoms with van der Waals surface area (Å²) in [7, 11) is 1.78. The van der Waals surface area contributed by atoms with Crippen molar-refractivity contribution in [2.45, 2.75) is 26.7 Å². The number of aliphatic imine (C=N–C) groups is 1. The Labute approximate surface area is 154 Å². The summed E-state index contributed by atoms with van der Waals surface area (Å²) in [4.78, 5) is 26.9. The molecule has 1 aliphatic rings. The van der Waals surface area contributed by atoms with Crippen molar-refractivity contribution in [3.05, 3.63) is 64.8 Å². The number of nitrogens with one attached hydrogen (secondary N) is 1. The SMILES string of the molecule is C/N=C1\C=CC(CCC(=O)NCC(N)=O)=C\C1=C(/C)c1ccccc1C. The third kappa shape index (κ3) is 5.02. The number of rotatable bonds is 6. The van der Waals surface area contributed by atoms with Gasteiger partial charge >= 0.3 is 0 Å². The number of hydrogen-bond donors (Lipinski definition) is 2. The molecular formula is C21H25N3O2. The van der Waals surface area contributed by atoms with Gasteiger partial charge in [-0.05, 0) is 54.7 Å². The van der Waals surface area contributed by atoms with Crippen LogP contribution in [0.1, 0.15) is 30.9 Å². The Morgan fingerprint density at radius 1 is 1.19 bits per heavy atom.